The number of carboxylic acids is 1. The molecule has 1 aromatic carbocycles. The van der Waals surface area contributed by atoms with Crippen molar-refractivity contribution in [2.45, 2.75) is 10.6 Å². The molecule has 0 amide bonds. The molecule has 0 unspecified atom stereocenters. The predicted molar refractivity (Wildman–Crippen MR) is 73.8 cm³/mol. The summed E-state index contributed by atoms with van der Waals surface area (Å²) in [4.78, 5) is 12.1. The molecule has 0 saturated heterocycles. The number of hydrogen-bond donors (Lipinski definition) is 1. The lowest BCUT2D eigenvalue weighted by atomic mass is 10.2. The molecule has 0 spiro atoms. The molecule has 18 heavy (non-hydrogen) atoms. The minimum atomic E-state index is -0.865. The fraction of sp³-hybridized carbons (Fsp3) is 0.154. The fourth-order valence-corrected chi connectivity index (χ4v) is 3.22. The van der Waals surface area contributed by atoms with Crippen LogP contribution in [0.4, 0.5) is 0 Å². The fourth-order valence-electron chi connectivity index (χ4n) is 1.40. The van der Waals surface area contributed by atoms with Crippen LogP contribution in [0.3, 0.4) is 0 Å². The lowest BCUT2D eigenvalue weighted by molar-refractivity contribution is 0.0702. The van der Waals surface area contributed by atoms with E-state index in [1.54, 1.807) is 24.9 Å². The summed E-state index contributed by atoms with van der Waals surface area (Å²) in [5, 5.41) is 10.7. The number of aromatic carboxylic acids is 1. The Morgan fingerprint density at radius 2 is 2.11 bits per heavy atom. The van der Waals surface area contributed by atoms with Crippen molar-refractivity contribution in [1.82, 2.24) is 0 Å². The van der Waals surface area contributed by atoms with Crippen LogP contribution in [0.2, 0.25) is 0 Å². The zero-order chi connectivity index (χ0) is 13.0. The molecule has 0 saturated carbocycles. The van der Waals surface area contributed by atoms with E-state index in [1.807, 2.05) is 29.6 Å². The molecule has 0 aliphatic heterocycles. The van der Waals surface area contributed by atoms with Crippen LogP contribution in [0.25, 0.3) is 0 Å². The average molecular weight is 280 g/mol. The highest BCUT2D eigenvalue weighted by molar-refractivity contribution is 7.98. The number of ether oxygens (including phenoxy) is 1. The second kappa shape index (κ2) is 5.93. The van der Waals surface area contributed by atoms with Gasteiger partial charge in [0, 0.05) is 16.0 Å². The van der Waals surface area contributed by atoms with Gasteiger partial charge in [-0.1, -0.05) is 12.1 Å². The van der Waals surface area contributed by atoms with Crippen molar-refractivity contribution >= 4 is 29.1 Å². The van der Waals surface area contributed by atoms with Gasteiger partial charge in [0.2, 0.25) is 0 Å². The van der Waals surface area contributed by atoms with Crippen molar-refractivity contribution in [1.29, 1.82) is 0 Å². The highest BCUT2D eigenvalue weighted by Crippen LogP contribution is 2.28. The SMILES string of the molecule is COc1ccc(CSc2csc(C(=O)O)c2)cc1. The second-order valence-corrected chi connectivity index (χ2v) is 5.55. The minimum Gasteiger partial charge on any atom is -0.497 e. The van der Waals surface area contributed by atoms with Crippen LogP contribution in [0.1, 0.15) is 15.2 Å². The van der Waals surface area contributed by atoms with Crippen molar-refractivity contribution < 1.29 is 14.6 Å². The van der Waals surface area contributed by atoms with E-state index in [2.05, 4.69) is 0 Å². The number of thiophene rings is 1. The highest BCUT2D eigenvalue weighted by atomic mass is 32.2. The van der Waals surface area contributed by atoms with Crippen LogP contribution >= 0.6 is 23.1 Å². The Morgan fingerprint density at radius 1 is 1.39 bits per heavy atom. The summed E-state index contributed by atoms with van der Waals surface area (Å²) in [5.74, 6) is 0.795. The Balaban J connectivity index is 1.95. The number of benzene rings is 1. The van der Waals surface area contributed by atoms with Gasteiger partial charge in [-0.05, 0) is 23.8 Å². The number of rotatable bonds is 5. The van der Waals surface area contributed by atoms with Gasteiger partial charge in [0.15, 0.2) is 0 Å². The third kappa shape index (κ3) is 3.27. The number of thioether (sulfide) groups is 1. The summed E-state index contributed by atoms with van der Waals surface area (Å²) in [7, 11) is 1.64. The molecule has 0 aliphatic rings. The van der Waals surface area contributed by atoms with Gasteiger partial charge < -0.3 is 9.84 Å². The first-order valence-electron chi connectivity index (χ1n) is 5.26. The molecule has 0 fully saturated rings. The summed E-state index contributed by atoms with van der Waals surface area (Å²) in [6, 6.07) is 9.58. The molecule has 5 heteroatoms. The van der Waals surface area contributed by atoms with Crippen molar-refractivity contribution in [3.8, 4) is 5.75 Å². The van der Waals surface area contributed by atoms with Gasteiger partial charge in [-0.25, -0.2) is 4.79 Å². The first-order chi connectivity index (χ1) is 8.69. The van der Waals surface area contributed by atoms with Gasteiger partial charge in [0.05, 0.1) is 7.11 Å². The average Bonchev–Trinajstić information content (AvgIpc) is 2.86. The highest BCUT2D eigenvalue weighted by Gasteiger charge is 2.07. The molecule has 1 heterocycles. The molecule has 0 bridgehead atoms. The lowest BCUT2D eigenvalue weighted by Crippen LogP contribution is -1.89. The van der Waals surface area contributed by atoms with Crippen LogP contribution in [0.5, 0.6) is 5.75 Å². The molecule has 1 N–H and O–H groups in total. The molecule has 0 radical (unpaired) electrons. The van der Waals surface area contributed by atoms with Crippen molar-refractivity contribution in [2.24, 2.45) is 0 Å². The van der Waals surface area contributed by atoms with Gasteiger partial charge in [0.25, 0.3) is 0 Å². The Morgan fingerprint density at radius 3 is 2.67 bits per heavy atom. The first kappa shape index (κ1) is 13.0. The van der Waals surface area contributed by atoms with Gasteiger partial charge >= 0.3 is 5.97 Å². The zero-order valence-electron chi connectivity index (χ0n) is 9.75. The zero-order valence-corrected chi connectivity index (χ0v) is 11.4. The molecule has 0 aliphatic carbocycles. The van der Waals surface area contributed by atoms with E-state index in [9.17, 15) is 4.79 Å². The standard InChI is InChI=1S/C13H12O3S2/c1-16-10-4-2-9(3-5-10)7-17-11-6-12(13(14)15)18-8-11/h2-6,8H,7H2,1H3,(H,14,15). The first-order valence-corrected chi connectivity index (χ1v) is 7.13. The van der Waals surface area contributed by atoms with Crippen LogP contribution in [0, 0.1) is 0 Å². The molecule has 2 aromatic rings. The third-order valence-corrected chi connectivity index (χ3v) is 4.46. The second-order valence-electron chi connectivity index (χ2n) is 3.59. The van der Waals surface area contributed by atoms with E-state index in [4.69, 9.17) is 9.84 Å². The summed E-state index contributed by atoms with van der Waals surface area (Å²) < 4.78 is 5.09. The molecule has 0 atom stereocenters. The quantitative estimate of drug-likeness (QED) is 0.847. The smallest absolute Gasteiger partial charge is 0.345 e. The van der Waals surface area contributed by atoms with Crippen LogP contribution < -0.4 is 4.74 Å². The van der Waals surface area contributed by atoms with E-state index < -0.39 is 5.97 Å². The molecule has 1 aromatic heterocycles. The van der Waals surface area contributed by atoms with Crippen LogP contribution in [-0.2, 0) is 5.75 Å². The molecule has 3 nitrogen and oxygen atoms in total. The maximum atomic E-state index is 10.7. The normalized spacial score (nSPS) is 10.3. The lowest BCUT2D eigenvalue weighted by Gasteiger charge is -2.02. The predicted octanol–water partition coefficient (Wildman–Crippen LogP) is 3.75. The number of carboxylic acid groups (broad SMARTS) is 1. The monoisotopic (exact) mass is 280 g/mol. The Bertz CT molecular complexity index is 531. The number of methoxy groups -OCH3 is 1. The van der Waals surface area contributed by atoms with Gasteiger partial charge in [-0.3, -0.25) is 0 Å². The summed E-state index contributed by atoms with van der Waals surface area (Å²) in [5.41, 5.74) is 1.18. The number of hydrogen-bond acceptors (Lipinski definition) is 4. The maximum absolute atomic E-state index is 10.7. The molecule has 94 valence electrons. The van der Waals surface area contributed by atoms with E-state index in [0.29, 0.717) is 4.88 Å². The van der Waals surface area contributed by atoms with Crippen molar-refractivity contribution in [3.63, 3.8) is 0 Å². The maximum Gasteiger partial charge on any atom is 0.345 e. The van der Waals surface area contributed by atoms with E-state index in [1.165, 1.54) is 16.9 Å². The van der Waals surface area contributed by atoms with Gasteiger partial charge in [-0.15, -0.1) is 23.1 Å². The third-order valence-electron chi connectivity index (χ3n) is 2.35. The molecular weight excluding hydrogens is 268 g/mol. The largest absolute Gasteiger partial charge is 0.497 e. The van der Waals surface area contributed by atoms with Crippen LogP contribution in [0.15, 0.2) is 40.6 Å². The summed E-state index contributed by atoms with van der Waals surface area (Å²) in [6.45, 7) is 0. The van der Waals surface area contributed by atoms with Crippen molar-refractivity contribution in [2.75, 3.05) is 7.11 Å². The Labute approximate surface area is 113 Å². The van der Waals surface area contributed by atoms with Gasteiger partial charge in [0.1, 0.15) is 10.6 Å². The Kier molecular flexibility index (Phi) is 4.28. The number of carbonyl (C=O) groups is 1. The summed E-state index contributed by atoms with van der Waals surface area (Å²) in [6.07, 6.45) is 0. The van der Waals surface area contributed by atoms with E-state index >= 15 is 0 Å². The molecular formula is C13H12O3S2. The summed E-state index contributed by atoms with van der Waals surface area (Å²) >= 11 is 2.89. The minimum absolute atomic E-state index is 0.382. The van der Waals surface area contributed by atoms with E-state index in [0.717, 1.165) is 16.4 Å². The topological polar surface area (TPSA) is 46.5 Å². The Hall–Kier alpha value is -1.46. The van der Waals surface area contributed by atoms with Crippen molar-refractivity contribution in [3.05, 3.63) is 46.2 Å². The van der Waals surface area contributed by atoms with Crippen LogP contribution in [-0.4, -0.2) is 18.2 Å². The van der Waals surface area contributed by atoms with E-state index in [-0.39, 0.29) is 0 Å². The molecule has 2 rings (SSSR count). The van der Waals surface area contributed by atoms with Gasteiger partial charge in [-0.2, -0.15) is 0 Å².